The molecule has 1 aliphatic carbocycles. The van der Waals surface area contributed by atoms with Gasteiger partial charge in [0.25, 0.3) is 5.56 Å². The molecule has 5 rings (SSSR count). The normalized spacial score (nSPS) is 23.9. The topological polar surface area (TPSA) is 75.1 Å². The van der Waals surface area contributed by atoms with Gasteiger partial charge in [0.2, 0.25) is 5.95 Å². The van der Waals surface area contributed by atoms with Gasteiger partial charge in [-0.1, -0.05) is 20.3 Å². The highest BCUT2D eigenvalue weighted by molar-refractivity contribution is 5.76. The Morgan fingerprint density at radius 3 is 2.44 bits per heavy atom. The lowest BCUT2D eigenvalue weighted by atomic mass is 9.78. The highest BCUT2D eigenvalue weighted by Crippen LogP contribution is 2.38. The molecule has 2 aromatic heterocycles. The number of piperazine rings is 1. The number of anilines is 3. The van der Waals surface area contributed by atoms with Crippen LogP contribution >= 0.6 is 0 Å². The lowest BCUT2D eigenvalue weighted by molar-refractivity contribution is 0.184. The van der Waals surface area contributed by atoms with E-state index in [0.717, 1.165) is 55.7 Å². The van der Waals surface area contributed by atoms with E-state index in [1.807, 2.05) is 16.8 Å². The molecule has 2 atom stereocenters. The van der Waals surface area contributed by atoms with Crippen molar-refractivity contribution in [2.75, 3.05) is 36.4 Å². The Morgan fingerprint density at radius 2 is 1.72 bits per heavy atom. The predicted octanol–water partition coefficient (Wildman–Crippen LogP) is 3.94. The third kappa shape index (κ3) is 4.09. The molecule has 168 valence electrons. The van der Waals surface area contributed by atoms with Crippen LogP contribution in [-0.2, 0) is 0 Å². The van der Waals surface area contributed by atoms with Gasteiger partial charge in [-0.2, -0.15) is 4.98 Å². The van der Waals surface area contributed by atoms with Crippen molar-refractivity contribution < 1.29 is 0 Å². The van der Waals surface area contributed by atoms with Gasteiger partial charge < -0.3 is 15.5 Å². The molecule has 0 spiro atoms. The molecule has 1 aromatic carbocycles. The zero-order valence-electron chi connectivity index (χ0n) is 18.9. The third-order valence-corrected chi connectivity index (χ3v) is 7.06. The Labute approximate surface area is 188 Å². The van der Waals surface area contributed by atoms with Crippen LogP contribution in [0.1, 0.15) is 39.2 Å². The van der Waals surface area contributed by atoms with Gasteiger partial charge in [0, 0.05) is 61.2 Å². The molecule has 1 saturated heterocycles. The Balaban J connectivity index is 1.45. The van der Waals surface area contributed by atoms with Crippen molar-refractivity contribution in [3.63, 3.8) is 0 Å². The van der Waals surface area contributed by atoms with Gasteiger partial charge in [-0.3, -0.25) is 9.36 Å². The average molecular weight is 433 g/mol. The fourth-order valence-electron chi connectivity index (χ4n) is 5.37. The molecule has 1 aliphatic heterocycles. The van der Waals surface area contributed by atoms with Gasteiger partial charge in [-0.25, -0.2) is 4.98 Å². The van der Waals surface area contributed by atoms with Gasteiger partial charge in [-0.05, 0) is 55.0 Å². The number of benzene rings is 1. The monoisotopic (exact) mass is 432 g/mol. The zero-order valence-corrected chi connectivity index (χ0v) is 18.9. The van der Waals surface area contributed by atoms with Crippen LogP contribution in [0.15, 0.2) is 47.4 Å². The maximum atomic E-state index is 13.0. The number of nitrogens with one attached hydrogen (secondary N) is 2. The van der Waals surface area contributed by atoms with Crippen LogP contribution in [0.4, 0.5) is 17.3 Å². The van der Waals surface area contributed by atoms with Gasteiger partial charge in [0.1, 0.15) is 5.65 Å². The molecule has 2 N–H and O–H groups in total. The van der Waals surface area contributed by atoms with Crippen molar-refractivity contribution in [3.05, 3.63) is 52.9 Å². The predicted molar refractivity (Wildman–Crippen MR) is 130 cm³/mol. The Hall–Kier alpha value is -2.93. The summed E-state index contributed by atoms with van der Waals surface area (Å²) in [5.74, 6) is 1.42. The minimum Gasteiger partial charge on any atom is -0.369 e. The second-order valence-electron chi connectivity index (χ2n) is 9.30. The quantitative estimate of drug-likeness (QED) is 0.650. The molecule has 0 radical (unpaired) electrons. The molecule has 7 heteroatoms. The summed E-state index contributed by atoms with van der Waals surface area (Å²) >= 11 is 0. The minimum absolute atomic E-state index is 0.0214. The first-order valence-corrected chi connectivity index (χ1v) is 11.8. The first kappa shape index (κ1) is 20.9. The standard InChI is InChI=1S/C25H32N6O/c1-17-4-3-5-18(2)23(17)31-22(32)11-6-19-16-27-25(29-24(19)31)28-20-7-9-21(10-8-20)30-14-12-26-13-15-30/h6-11,16-18,23,26H,3-5,12-15H2,1-2H3,(H,27,28,29). The lowest BCUT2D eigenvalue weighted by Gasteiger charge is -2.36. The Kier molecular flexibility index (Phi) is 5.83. The minimum atomic E-state index is 0.0214. The molecular weight excluding hydrogens is 400 g/mol. The van der Waals surface area contributed by atoms with Crippen molar-refractivity contribution in [1.29, 1.82) is 0 Å². The van der Waals surface area contributed by atoms with Crippen LogP contribution in [0, 0.1) is 11.8 Å². The number of nitrogens with zero attached hydrogens (tertiary/aromatic N) is 4. The average Bonchev–Trinajstić information content (AvgIpc) is 2.81. The van der Waals surface area contributed by atoms with E-state index < -0.39 is 0 Å². The number of pyridine rings is 1. The molecule has 3 heterocycles. The number of hydrogen-bond acceptors (Lipinski definition) is 6. The lowest BCUT2D eigenvalue weighted by Crippen LogP contribution is -2.43. The summed E-state index contributed by atoms with van der Waals surface area (Å²) in [5, 5.41) is 7.61. The maximum Gasteiger partial charge on any atom is 0.252 e. The molecular formula is C25H32N6O. The van der Waals surface area contributed by atoms with E-state index >= 15 is 0 Å². The van der Waals surface area contributed by atoms with Crippen molar-refractivity contribution in [3.8, 4) is 0 Å². The summed E-state index contributed by atoms with van der Waals surface area (Å²) in [4.78, 5) is 24.7. The van der Waals surface area contributed by atoms with Gasteiger partial charge in [0.05, 0.1) is 0 Å². The summed E-state index contributed by atoms with van der Waals surface area (Å²) in [7, 11) is 0. The number of fused-ring (bicyclic) bond motifs is 1. The van der Waals surface area contributed by atoms with Crippen LogP contribution in [-0.4, -0.2) is 40.7 Å². The first-order chi connectivity index (χ1) is 15.6. The van der Waals surface area contributed by atoms with Crippen LogP contribution in [0.3, 0.4) is 0 Å². The van der Waals surface area contributed by atoms with Gasteiger partial charge >= 0.3 is 0 Å². The molecule has 0 amide bonds. The SMILES string of the molecule is CC1CCCC(C)C1n1c(=O)ccc2cnc(Nc3ccc(N4CCNCC4)cc3)nc21. The molecule has 3 aromatic rings. The molecule has 0 bridgehead atoms. The highest BCUT2D eigenvalue weighted by atomic mass is 16.1. The van der Waals surface area contributed by atoms with Gasteiger partial charge in [-0.15, -0.1) is 0 Å². The number of rotatable bonds is 4. The van der Waals surface area contributed by atoms with Crippen LogP contribution in [0.2, 0.25) is 0 Å². The number of aromatic nitrogens is 3. The summed E-state index contributed by atoms with van der Waals surface area (Å²) in [6.45, 7) is 8.60. The maximum absolute atomic E-state index is 13.0. The van der Waals surface area contributed by atoms with Crippen LogP contribution < -0.4 is 21.1 Å². The molecule has 2 fully saturated rings. The fraction of sp³-hybridized carbons (Fsp3) is 0.480. The smallest absolute Gasteiger partial charge is 0.252 e. The fourth-order valence-corrected chi connectivity index (χ4v) is 5.37. The van der Waals surface area contributed by atoms with Crippen molar-refractivity contribution in [2.24, 2.45) is 11.8 Å². The largest absolute Gasteiger partial charge is 0.369 e. The van der Waals surface area contributed by atoms with E-state index in [-0.39, 0.29) is 11.6 Å². The zero-order chi connectivity index (χ0) is 22.1. The molecule has 32 heavy (non-hydrogen) atoms. The van der Waals surface area contributed by atoms with Crippen molar-refractivity contribution >= 4 is 28.4 Å². The van der Waals surface area contributed by atoms with Crippen molar-refractivity contribution in [2.45, 2.75) is 39.2 Å². The van der Waals surface area contributed by atoms with Crippen LogP contribution in [0.5, 0.6) is 0 Å². The van der Waals surface area contributed by atoms with E-state index in [0.29, 0.717) is 17.8 Å². The second kappa shape index (κ2) is 8.90. The molecule has 1 saturated carbocycles. The van der Waals surface area contributed by atoms with E-state index in [1.54, 1.807) is 6.07 Å². The van der Waals surface area contributed by atoms with Crippen LogP contribution in [0.25, 0.3) is 11.0 Å². The van der Waals surface area contributed by atoms with Gasteiger partial charge in [0.15, 0.2) is 0 Å². The second-order valence-corrected chi connectivity index (χ2v) is 9.30. The number of hydrogen-bond donors (Lipinski definition) is 2. The summed E-state index contributed by atoms with van der Waals surface area (Å²) in [6.07, 6.45) is 5.33. The third-order valence-electron chi connectivity index (χ3n) is 7.06. The first-order valence-electron chi connectivity index (χ1n) is 11.8. The van der Waals surface area contributed by atoms with E-state index in [1.165, 1.54) is 12.1 Å². The summed E-state index contributed by atoms with van der Waals surface area (Å²) < 4.78 is 1.92. The molecule has 2 unspecified atom stereocenters. The van der Waals surface area contributed by atoms with Crippen molar-refractivity contribution in [1.82, 2.24) is 19.9 Å². The van der Waals surface area contributed by atoms with E-state index in [4.69, 9.17) is 4.98 Å². The molecule has 2 aliphatic rings. The van der Waals surface area contributed by atoms with E-state index in [9.17, 15) is 4.79 Å². The molecule has 7 nitrogen and oxygen atoms in total. The van der Waals surface area contributed by atoms with E-state index in [2.05, 4.69) is 58.6 Å². The summed E-state index contributed by atoms with van der Waals surface area (Å²) in [6, 6.07) is 12.1. The summed E-state index contributed by atoms with van der Waals surface area (Å²) in [5.41, 5.74) is 2.91. The Morgan fingerprint density at radius 1 is 1.00 bits per heavy atom. The Bertz CT molecular complexity index is 1130. The highest BCUT2D eigenvalue weighted by Gasteiger charge is 2.31.